The molecule has 0 aromatic heterocycles. The molecule has 1 rings (SSSR count). The van der Waals surface area contributed by atoms with Crippen LogP contribution in [0.4, 0.5) is 0 Å². The largest absolute Gasteiger partial charge is 0.179 e. The Morgan fingerprint density at radius 3 is 2.14 bits per heavy atom. The van der Waals surface area contributed by atoms with Crippen molar-refractivity contribution in [3.63, 3.8) is 0 Å². The van der Waals surface area contributed by atoms with Gasteiger partial charge in [-0.3, -0.25) is 0 Å². The second kappa shape index (κ2) is 1.64. The average molecular weight is 133 g/mol. The third kappa shape index (κ3) is 0.891. The maximum Gasteiger partial charge on any atom is 0.179 e. The minimum Gasteiger partial charge on any atom is -0.162 e. The highest BCUT2D eigenvalue weighted by Gasteiger charge is 2.34. The summed E-state index contributed by atoms with van der Waals surface area (Å²) in [5.41, 5.74) is 1.98. The molecular formula is C5H9ClSi. The van der Waals surface area contributed by atoms with Gasteiger partial charge < -0.3 is 0 Å². The fourth-order valence-corrected chi connectivity index (χ4v) is 2.96. The molecule has 0 aromatic rings. The smallest absolute Gasteiger partial charge is 0.162 e. The predicted molar refractivity (Wildman–Crippen MR) is 36.0 cm³/mol. The Kier molecular flexibility index (Phi) is 1.26. The van der Waals surface area contributed by atoms with Gasteiger partial charge in [0.05, 0.1) is 0 Å². The molecule has 0 spiro atoms. The van der Waals surface area contributed by atoms with Gasteiger partial charge in [0.2, 0.25) is 0 Å². The van der Waals surface area contributed by atoms with Crippen molar-refractivity contribution in [2.75, 3.05) is 0 Å². The quantitative estimate of drug-likeness (QED) is 0.380. The molecule has 0 saturated carbocycles. The number of hydrogen-bond donors (Lipinski definition) is 0. The lowest BCUT2D eigenvalue weighted by Gasteiger charge is -2.28. The van der Waals surface area contributed by atoms with Crippen molar-refractivity contribution in [3.05, 3.63) is 12.3 Å². The summed E-state index contributed by atoms with van der Waals surface area (Å²) in [5.74, 6) is 0. The molecular weight excluding hydrogens is 124 g/mol. The minimum atomic E-state index is -1.23. The molecule has 1 fully saturated rings. The van der Waals surface area contributed by atoms with Crippen molar-refractivity contribution in [1.29, 1.82) is 0 Å². The first-order valence-corrected chi connectivity index (χ1v) is 6.10. The standard InChI is InChI=1S/C5H9ClSi/c1-2-7(6)4-3-5-7/h2H,1,3-5H2. The van der Waals surface area contributed by atoms with Gasteiger partial charge in [0.25, 0.3) is 0 Å². The minimum absolute atomic E-state index is 1.23. The van der Waals surface area contributed by atoms with E-state index in [1.54, 1.807) is 0 Å². The topological polar surface area (TPSA) is 0 Å². The van der Waals surface area contributed by atoms with E-state index >= 15 is 0 Å². The summed E-state index contributed by atoms with van der Waals surface area (Å²) in [7, 11) is -1.23. The fraction of sp³-hybridized carbons (Fsp3) is 0.600. The molecule has 0 radical (unpaired) electrons. The third-order valence-electron chi connectivity index (χ3n) is 1.55. The van der Waals surface area contributed by atoms with Crippen LogP contribution >= 0.6 is 11.1 Å². The second-order valence-electron chi connectivity index (χ2n) is 2.09. The highest BCUT2D eigenvalue weighted by atomic mass is 35.6. The predicted octanol–water partition coefficient (Wildman–Crippen LogP) is 2.30. The lowest BCUT2D eigenvalue weighted by molar-refractivity contribution is 0.939. The molecule has 0 aliphatic carbocycles. The van der Waals surface area contributed by atoms with Crippen LogP contribution in [0, 0.1) is 0 Å². The van der Waals surface area contributed by atoms with Crippen LogP contribution in [0.1, 0.15) is 6.42 Å². The molecule has 7 heavy (non-hydrogen) atoms. The maximum atomic E-state index is 6.01. The number of hydrogen-bond acceptors (Lipinski definition) is 0. The van der Waals surface area contributed by atoms with Crippen molar-refractivity contribution in [3.8, 4) is 0 Å². The Hall–Kier alpha value is 0.247. The van der Waals surface area contributed by atoms with E-state index in [1.807, 2.05) is 5.70 Å². The van der Waals surface area contributed by atoms with E-state index in [1.165, 1.54) is 18.5 Å². The Morgan fingerprint density at radius 1 is 1.57 bits per heavy atom. The molecule has 0 aromatic carbocycles. The van der Waals surface area contributed by atoms with Crippen LogP contribution in [0.2, 0.25) is 12.1 Å². The number of halogens is 1. The molecule has 1 aliphatic rings. The molecule has 0 unspecified atom stereocenters. The summed E-state index contributed by atoms with van der Waals surface area (Å²) in [6.45, 7) is 3.68. The van der Waals surface area contributed by atoms with Crippen molar-refractivity contribution in [2.24, 2.45) is 0 Å². The fourth-order valence-electron chi connectivity index (χ4n) is 0.719. The van der Waals surface area contributed by atoms with Crippen LogP contribution < -0.4 is 0 Å². The van der Waals surface area contributed by atoms with Crippen LogP contribution in [0.5, 0.6) is 0 Å². The molecule has 1 heterocycles. The Bertz CT molecular complexity index is 86.1. The Morgan fingerprint density at radius 2 is 2.14 bits per heavy atom. The van der Waals surface area contributed by atoms with E-state index < -0.39 is 7.38 Å². The normalized spacial score (nSPS) is 25.9. The Balaban J connectivity index is 2.43. The zero-order valence-electron chi connectivity index (χ0n) is 4.28. The molecule has 0 bridgehead atoms. The monoisotopic (exact) mass is 132 g/mol. The van der Waals surface area contributed by atoms with Crippen LogP contribution in [-0.4, -0.2) is 7.38 Å². The summed E-state index contributed by atoms with van der Waals surface area (Å²) >= 11 is 6.01. The summed E-state index contributed by atoms with van der Waals surface area (Å²) in [5, 5.41) is 0. The van der Waals surface area contributed by atoms with E-state index in [0.29, 0.717) is 0 Å². The molecule has 0 amide bonds. The van der Waals surface area contributed by atoms with Crippen molar-refractivity contribution in [1.82, 2.24) is 0 Å². The van der Waals surface area contributed by atoms with Crippen molar-refractivity contribution < 1.29 is 0 Å². The zero-order valence-corrected chi connectivity index (χ0v) is 6.04. The van der Waals surface area contributed by atoms with Gasteiger partial charge in [0, 0.05) is 0 Å². The first-order chi connectivity index (χ1) is 3.27. The Labute approximate surface area is 49.9 Å². The summed E-state index contributed by atoms with van der Waals surface area (Å²) in [6, 6.07) is 2.52. The van der Waals surface area contributed by atoms with Gasteiger partial charge in [-0.1, -0.05) is 12.1 Å². The number of rotatable bonds is 1. The lowest BCUT2D eigenvalue weighted by Crippen LogP contribution is -2.32. The average Bonchev–Trinajstić information content (AvgIpc) is 1.61. The van der Waals surface area contributed by atoms with E-state index in [9.17, 15) is 0 Å². The highest BCUT2D eigenvalue weighted by Crippen LogP contribution is 2.36. The molecule has 1 saturated heterocycles. The van der Waals surface area contributed by atoms with E-state index in [2.05, 4.69) is 6.58 Å². The van der Waals surface area contributed by atoms with Gasteiger partial charge in [-0.25, -0.2) is 0 Å². The molecule has 0 nitrogen and oxygen atoms in total. The first-order valence-electron chi connectivity index (χ1n) is 2.59. The van der Waals surface area contributed by atoms with Gasteiger partial charge in [0.1, 0.15) is 0 Å². The van der Waals surface area contributed by atoms with Crippen LogP contribution in [0.25, 0.3) is 0 Å². The van der Waals surface area contributed by atoms with Crippen LogP contribution in [0.3, 0.4) is 0 Å². The van der Waals surface area contributed by atoms with E-state index in [4.69, 9.17) is 11.1 Å². The first kappa shape index (κ1) is 5.38. The lowest BCUT2D eigenvalue weighted by atomic mass is 10.5. The summed E-state index contributed by atoms with van der Waals surface area (Å²) in [4.78, 5) is 0. The van der Waals surface area contributed by atoms with Gasteiger partial charge in [-0.05, 0) is 12.1 Å². The van der Waals surface area contributed by atoms with Crippen molar-refractivity contribution in [2.45, 2.75) is 18.5 Å². The van der Waals surface area contributed by atoms with Crippen LogP contribution in [-0.2, 0) is 0 Å². The van der Waals surface area contributed by atoms with Crippen molar-refractivity contribution >= 4 is 18.5 Å². The molecule has 0 atom stereocenters. The highest BCUT2D eigenvalue weighted by molar-refractivity contribution is 7.24. The third-order valence-corrected chi connectivity index (χ3v) is 6.25. The SMILES string of the molecule is C=C[Si]1(Cl)CCC1. The van der Waals surface area contributed by atoms with Gasteiger partial charge >= 0.3 is 0 Å². The van der Waals surface area contributed by atoms with Gasteiger partial charge in [0.15, 0.2) is 7.38 Å². The molecule has 1 aliphatic heterocycles. The molecule has 40 valence electrons. The van der Waals surface area contributed by atoms with E-state index in [0.717, 1.165) is 0 Å². The second-order valence-corrected chi connectivity index (χ2v) is 7.83. The van der Waals surface area contributed by atoms with E-state index in [-0.39, 0.29) is 0 Å². The van der Waals surface area contributed by atoms with Crippen LogP contribution in [0.15, 0.2) is 12.3 Å². The molecule has 0 N–H and O–H groups in total. The zero-order chi connectivity index (χ0) is 5.33. The maximum absolute atomic E-state index is 6.01. The molecule has 2 heteroatoms. The summed E-state index contributed by atoms with van der Waals surface area (Å²) < 4.78 is 0. The summed E-state index contributed by atoms with van der Waals surface area (Å²) in [6.07, 6.45) is 1.34. The van der Waals surface area contributed by atoms with Gasteiger partial charge in [-0.15, -0.1) is 6.58 Å². The van der Waals surface area contributed by atoms with Gasteiger partial charge in [-0.2, -0.15) is 11.1 Å².